The summed E-state index contributed by atoms with van der Waals surface area (Å²) in [4.78, 5) is 22.0. The van der Waals surface area contributed by atoms with Crippen molar-refractivity contribution in [1.29, 1.82) is 5.41 Å². The fourth-order valence-electron chi connectivity index (χ4n) is 1.87. The first-order valence-corrected chi connectivity index (χ1v) is 7.61. The molecular formula is C16H23N3O4. The average molecular weight is 321 g/mol. The number of ether oxygens (including phenoxy) is 1. The lowest BCUT2D eigenvalue weighted by molar-refractivity contribution is 0.149. The van der Waals surface area contributed by atoms with E-state index in [1.807, 2.05) is 0 Å². The Morgan fingerprint density at radius 1 is 1.17 bits per heavy atom. The second kappa shape index (κ2) is 10.2. The highest BCUT2D eigenvalue weighted by Gasteiger charge is 2.08. The monoisotopic (exact) mass is 321 g/mol. The highest BCUT2D eigenvalue weighted by molar-refractivity contribution is 6.04. The summed E-state index contributed by atoms with van der Waals surface area (Å²) in [6.45, 7) is 2.65. The smallest absolute Gasteiger partial charge is 0.412 e. The van der Waals surface area contributed by atoms with E-state index in [9.17, 15) is 9.59 Å². The number of alkyl carbamates (subject to hydrolysis) is 1. The number of carbonyl (C=O) groups excluding carboxylic acids is 1. The largest absolute Gasteiger partial charge is 0.465 e. The molecule has 0 aliphatic heterocycles. The van der Waals surface area contributed by atoms with Crippen LogP contribution in [0.15, 0.2) is 24.3 Å². The van der Waals surface area contributed by atoms with Gasteiger partial charge in [-0.2, -0.15) is 0 Å². The lowest BCUT2D eigenvalue weighted by Gasteiger charge is -2.09. The summed E-state index contributed by atoms with van der Waals surface area (Å²) in [5, 5.41) is 21.0. The minimum atomic E-state index is -1.09. The van der Waals surface area contributed by atoms with Crippen LogP contribution in [0.1, 0.15) is 43.7 Å². The maximum absolute atomic E-state index is 11.6. The minimum absolute atomic E-state index is 0.0544. The Morgan fingerprint density at radius 2 is 1.87 bits per heavy atom. The SMILES string of the molecule is CCCCCCOC(=O)NC(=N)c1ccc(CNC(=O)O)cc1. The lowest BCUT2D eigenvalue weighted by atomic mass is 10.1. The molecule has 0 spiro atoms. The van der Waals surface area contributed by atoms with Crippen molar-refractivity contribution in [2.24, 2.45) is 0 Å². The van der Waals surface area contributed by atoms with Crippen LogP contribution in [0.3, 0.4) is 0 Å². The lowest BCUT2D eigenvalue weighted by Crippen LogP contribution is -2.31. The van der Waals surface area contributed by atoms with Crippen LogP contribution in [0.2, 0.25) is 0 Å². The third-order valence-corrected chi connectivity index (χ3v) is 3.14. The van der Waals surface area contributed by atoms with Crippen molar-refractivity contribution in [3.8, 4) is 0 Å². The van der Waals surface area contributed by atoms with Crippen LogP contribution in [0, 0.1) is 5.41 Å². The highest BCUT2D eigenvalue weighted by atomic mass is 16.5. The molecule has 0 saturated carbocycles. The molecule has 4 N–H and O–H groups in total. The van der Waals surface area contributed by atoms with Crippen molar-refractivity contribution in [2.45, 2.75) is 39.2 Å². The summed E-state index contributed by atoms with van der Waals surface area (Å²) in [5.41, 5.74) is 1.29. The number of rotatable bonds is 8. The molecule has 0 aromatic heterocycles. The Kier molecular flexibility index (Phi) is 8.20. The molecule has 0 bridgehead atoms. The molecule has 0 aliphatic rings. The quantitative estimate of drug-likeness (QED) is 0.335. The van der Waals surface area contributed by atoms with E-state index in [2.05, 4.69) is 17.6 Å². The maximum Gasteiger partial charge on any atom is 0.412 e. The van der Waals surface area contributed by atoms with Crippen molar-refractivity contribution in [3.05, 3.63) is 35.4 Å². The van der Waals surface area contributed by atoms with Gasteiger partial charge < -0.3 is 15.2 Å². The Hall–Kier alpha value is -2.57. The summed E-state index contributed by atoms with van der Waals surface area (Å²) >= 11 is 0. The van der Waals surface area contributed by atoms with Crippen molar-refractivity contribution in [1.82, 2.24) is 10.6 Å². The summed E-state index contributed by atoms with van der Waals surface area (Å²) in [6.07, 6.45) is 2.35. The first kappa shape index (κ1) is 18.5. The number of amides is 2. The molecule has 0 saturated heterocycles. The zero-order valence-corrected chi connectivity index (χ0v) is 13.2. The van der Waals surface area contributed by atoms with Gasteiger partial charge in [-0.05, 0) is 12.0 Å². The van der Waals surface area contributed by atoms with Gasteiger partial charge in [0, 0.05) is 12.1 Å². The Bertz CT molecular complexity index is 529. The summed E-state index contributed by atoms with van der Waals surface area (Å²) in [5.74, 6) is -0.0544. The number of nitrogens with one attached hydrogen (secondary N) is 3. The molecule has 7 nitrogen and oxygen atoms in total. The molecule has 0 radical (unpaired) electrons. The standard InChI is InChI=1S/C16H23N3O4/c1-2-3-4-5-10-23-16(22)19-14(17)13-8-6-12(7-9-13)11-18-15(20)21/h6-9,18H,2-5,10-11H2,1H3,(H,20,21)(H2,17,19,22). The fourth-order valence-corrected chi connectivity index (χ4v) is 1.87. The van der Waals surface area contributed by atoms with Gasteiger partial charge in [-0.1, -0.05) is 50.5 Å². The normalized spacial score (nSPS) is 9.96. The molecule has 23 heavy (non-hydrogen) atoms. The van der Waals surface area contributed by atoms with Crippen LogP contribution < -0.4 is 10.6 Å². The summed E-state index contributed by atoms with van der Waals surface area (Å²) < 4.78 is 5.00. The van der Waals surface area contributed by atoms with Crippen LogP contribution in [-0.4, -0.2) is 29.7 Å². The molecule has 1 aromatic rings. The van der Waals surface area contributed by atoms with Gasteiger partial charge in [-0.25, -0.2) is 9.59 Å². The number of carbonyl (C=O) groups is 2. The Labute approximate surface area is 135 Å². The molecule has 1 rings (SSSR count). The first-order valence-electron chi connectivity index (χ1n) is 7.61. The van der Waals surface area contributed by atoms with Crippen molar-refractivity contribution >= 4 is 18.0 Å². The number of hydrogen-bond donors (Lipinski definition) is 4. The van der Waals surface area contributed by atoms with Gasteiger partial charge in [-0.15, -0.1) is 0 Å². The number of amidine groups is 1. The molecule has 0 fully saturated rings. The van der Waals surface area contributed by atoms with Crippen LogP contribution in [0.25, 0.3) is 0 Å². The maximum atomic E-state index is 11.6. The van der Waals surface area contributed by atoms with E-state index < -0.39 is 12.2 Å². The Balaban J connectivity index is 2.36. The second-order valence-corrected chi connectivity index (χ2v) is 5.05. The minimum Gasteiger partial charge on any atom is -0.465 e. The fraction of sp³-hybridized carbons (Fsp3) is 0.438. The predicted molar refractivity (Wildman–Crippen MR) is 86.8 cm³/mol. The van der Waals surface area contributed by atoms with Crippen molar-refractivity contribution in [3.63, 3.8) is 0 Å². The van der Waals surface area contributed by atoms with Gasteiger partial charge in [0.15, 0.2) is 0 Å². The van der Waals surface area contributed by atoms with E-state index >= 15 is 0 Å². The summed E-state index contributed by atoms with van der Waals surface area (Å²) in [6, 6.07) is 6.67. The molecule has 0 atom stereocenters. The van der Waals surface area contributed by atoms with Crippen LogP contribution in [-0.2, 0) is 11.3 Å². The van der Waals surface area contributed by atoms with E-state index in [1.165, 1.54) is 0 Å². The third-order valence-electron chi connectivity index (χ3n) is 3.14. The summed E-state index contributed by atoms with van der Waals surface area (Å²) in [7, 11) is 0. The van der Waals surface area contributed by atoms with Crippen molar-refractivity contribution in [2.75, 3.05) is 6.61 Å². The predicted octanol–water partition coefficient (Wildman–Crippen LogP) is 3.09. The van der Waals surface area contributed by atoms with Gasteiger partial charge in [0.2, 0.25) is 0 Å². The molecule has 7 heteroatoms. The van der Waals surface area contributed by atoms with Crippen LogP contribution in [0.4, 0.5) is 9.59 Å². The van der Waals surface area contributed by atoms with Gasteiger partial charge in [0.05, 0.1) is 6.61 Å². The van der Waals surface area contributed by atoms with Gasteiger partial charge in [0.1, 0.15) is 5.84 Å². The van der Waals surface area contributed by atoms with Gasteiger partial charge in [0.25, 0.3) is 0 Å². The van der Waals surface area contributed by atoms with E-state index in [0.717, 1.165) is 31.2 Å². The van der Waals surface area contributed by atoms with Gasteiger partial charge >= 0.3 is 12.2 Å². The van der Waals surface area contributed by atoms with Gasteiger partial charge in [-0.3, -0.25) is 10.7 Å². The van der Waals surface area contributed by atoms with Crippen LogP contribution >= 0.6 is 0 Å². The zero-order valence-electron chi connectivity index (χ0n) is 13.2. The molecule has 0 heterocycles. The molecule has 126 valence electrons. The second-order valence-electron chi connectivity index (χ2n) is 5.05. The molecule has 0 aliphatic carbocycles. The highest BCUT2D eigenvalue weighted by Crippen LogP contribution is 2.05. The Morgan fingerprint density at radius 3 is 2.48 bits per heavy atom. The zero-order chi connectivity index (χ0) is 17.1. The first-order chi connectivity index (χ1) is 11.0. The van der Waals surface area contributed by atoms with Crippen molar-refractivity contribution < 1.29 is 19.4 Å². The van der Waals surface area contributed by atoms with E-state index in [-0.39, 0.29) is 12.4 Å². The number of hydrogen-bond acceptors (Lipinski definition) is 4. The molecule has 2 amide bonds. The number of unbranched alkanes of at least 4 members (excludes halogenated alkanes) is 3. The topological polar surface area (TPSA) is 112 Å². The van der Waals surface area contributed by atoms with Crippen LogP contribution in [0.5, 0.6) is 0 Å². The number of benzene rings is 1. The molecule has 1 aromatic carbocycles. The third kappa shape index (κ3) is 7.85. The average Bonchev–Trinajstić information content (AvgIpc) is 2.53. The molecule has 0 unspecified atom stereocenters. The van der Waals surface area contributed by atoms with E-state index in [0.29, 0.717) is 12.2 Å². The molecular weight excluding hydrogens is 298 g/mol. The van der Waals surface area contributed by atoms with E-state index in [4.69, 9.17) is 15.3 Å². The number of carboxylic acid groups (broad SMARTS) is 1. The van der Waals surface area contributed by atoms with E-state index in [1.54, 1.807) is 24.3 Å².